The lowest BCUT2D eigenvalue weighted by Crippen LogP contribution is -2.51. The van der Waals surface area contributed by atoms with E-state index in [0.29, 0.717) is 31.3 Å². The van der Waals surface area contributed by atoms with Crippen LogP contribution in [0.2, 0.25) is 0 Å². The van der Waals surface area contributed by atoms with Gasteiger partial charge in [-0.3, -0.25) is 14.9 Å². The Morgan fingerprint density at radius 2 is 1.96 bits per heavy atom. The van der Waals surface area contributed by atoms with Gasteiger partial charge in [-0.05, 0) is 12.1 Å². The van der Waals surface area contributed by atoms with Crippen molar-refractivity contribution in [3.63, 3.8) is 0 Å². The minimum Gasteiger partial charge on any atom is -0.495 e. The number of para-hydroxylation sites is 2. The monoisotopic (exact) mass is 346 g/mol. The van der Waals surface area contributed by atoms with Gasteiger partial charge in [-0.25, -0.2) is 4.98 Å². The van der Waals surface area contributed by atoms with Crippen molar-refractivity contribution in [2.45, 2.75) is 0 Å². The molecule has 1 aromatic carbocycles. The molecule has 2 aromatic rings. The summed E-state index contributed by atoms with van der Waals surface area (Å²) < 4.78 is 5.38. The van der Waals surface area contributed by atoms with E-state index < -0.39 is 11.8 Å². The zero-order valence-corrected chi connectivity index (χ0v) is 14.1. The third-order valence-electron chi connectivity index (χ3n) is 3.84. The van der Waals surface area contributed by atoms with E-state index in [1.807, 2.05) is 24.3 Å². The molecule has 8 heteroatoms. The van der Waals surface area contributed by atoms with Crippen LogP contribution in [0, 0.1) is 0 Å². The Morgan fingerprint density at radius 3 is 2.62 bits per heavy atom. The highest BCUT2D eigenvalue weighted by Crippen LogP contribution is 2.28. The Bertz CT molecular complexity index is 712. The minimum absolute atomic E-state index is 0.431. The number of piperazine rings is 1. The van der Waals surface area contributed by atoms with Gasteiger partial charge in [-0.15, -0.1) is 11.3 Å². The second-order valence-electron chi connectivity index (χ2n) is 5.24. The molecule has 0 unspecified atom stereocenters. The van der Waals surface area contributed by atoms with E-state index in [4.69, 9.17) is 4.74 Å². The summed E-state index contributed by atoms with van der Waals surface area (Å²) in [7, 11) is 1.64. The Morgan fingerprint density at radius 1 is 1.21 bits per heavy atom. The zero-order chi connectivity index (χ0) is 16.9. The maximum absolute atomic E-state index is 12.2. The van der Waals surface area contributed by atoms with Crippen LogP contribution in [-0.4, -0.2) is 55.0 Å². The van der Waals surface area contributed by atoms with E-state index in [0.717, 1.165) is 11.4 Å². The van der Waals surface area contributed by atoms with Crippen LogP contribution >= 0.6 is 11.3 Å². The quantitative estimate of drug-likeness (QED) is 0.851. The van der Waals surface area contributed by atoms with Crippen LogP contribution < -0.4 is 15.0 Å². The highest BCUT2D eigenvalue weighted by molar-refractivity contribution is 7.13. The first-order chi connectivity index (χ1) is 11.7. The van der Waals surface area contributed by atoms with Crippen molar-refractivity contribution in [3.05, 3.63) is 35.8 Å². The summed E-state index contributed by atoms with van der Waals surface area (Å²) >= 11 is 1.28. The Labute approximate surface area is 143 Å². The Balaban J connectivity index is 1.58. The van der Waals surface area contributed by atoms with Gasteiger partial charge in [-0.1, -0.05) is 12.1 Å². The number of benzene rings is 1. The lowest BCUT2D eigenvalue weighted by molar-refractivity contribution is -0.143. The molecule has 2 heterocycles. The predicted octanol–water partition coefficient (Wildman–Crippen LogP) is 1.44. The summed E-state index contributed by atoms with van der Waals surface area (Å²) in [5, 5.41) is 4.70. The van der Waals surface area contributed by atoms with Gasteiger partial charge >= 0.3 is 11.8 Å². The van der Waals surface area contributed by atoms with E-state index in [2.05, 4.69) is 15.2 Å². The summed E-state index contributed by atoms with van der Waals surface area (Å²) in [5.74, 6) is -0.362. The second kappa shape index (κ2) is 7.31. The lowest BCUT2D eigenvalue weighted by atomic mass is 10.2. The first-order valence-electron chi connectivity index (χ1n) is 7.57. The molecule has 126 valence electrons. The van der Waals surface area contributed by atoms with E-state index in [1.165, 1.54) is 11.3 Å². The van der Waals surface area contributed by atoms with Gasteiger partial charge in [0.1, 0.15) is 5.75 Å². The van der Waals surface area contributed by atoms with E-state index in [-0.39, 0.29) is 0 Å². The molecule has 1 aromatic heterocycles. The highest BCUT2D eigenvalue weighted by Gasteiger charge is 2.27. The number of nitrogens with zero attached hydrogens (tertiary/aromatic N) is 3. The van der Waals surface area contributed by atoms with Crippen molar-refractivity contribution >= 4 is 34.0 Å². The number of amides is 2. The number of hydrogen-bond donors (Lipinski definition) is 1. The molecule has 24 heavy (non-hydrogen) atoms. The van der Waals surface area contributed by atoms with Crippen molar-refractivity contribution in [1.29, 1.82) is 0 Å². The number of aromatic nitrogens is 1. The molecule has 2 amide bonds. The Kier molecular flexibility index (Phi) is 4.95. The maximum Gasteiger partial charge on any atom is 0.315 e. The first kappa shape index (κ1) is 16.3. The van der Waals surface area contributed by atoms with Gasteiger partial charge in [0.15, 0.2) is 5.13 Å². The SMILES string of the molecule is COc1ccccc1N1CCN(C(=O)C(=O)Nc2nccs2)CC1. The van der Waals surface area contributed by atoms with Crippen LogP contribution in [0.1, 0.15) is 0 Å². The molecular formula is C16H18N4O3S. The van der Waals surface area contributed by atoms with E-state index in [9.17, 15) is 9.59 Å². The topological polar surface area (TPSA) is 74.8 Å². The number of nitrogens with one attached hydrogen (secondary N) is 1. The molecule has 0 radical (unpaired) electrons. The minimum atomic E-state index is -0.643. The number of ether oxygens (including phenoxy) is 1. The van der Waals surface area contributed by atoms with Crippen LogP contribution in [0.25, 0.3) is 0 Å². The number of carbonyl (C=O) groups is 2. The fourth-order valence-electron chi connectivity index (χ4n) is 2.62. The Hall–Kier alpha value is -2.61. The number of thiazole rings is 1. The van der Waals surface area contributed by atoms with Crippen LogP contribution in [0.4, 0.5) is 10.8 Å². The van der Waals surface area contributed by atoms with Crippen molar-refractivity contribution < 1.29 is 14.3 Å². The van der Waals surface area contributed by atoms with Crippen molar-refractivity contribution in [1.82, 2.24) is 9.88 Å². The first-order valence-corrected chi connectivity index (χ1v) is 8.44. The second-order valence-corrected chi connectivity index (χ2v) is 6.14. The third-order valence-corrected chi connectivity index (χ3v) is 4.53. The molecule has 0 saturated carbocycles. The van der Waals surface area contributed by atoms with Crippen molar-refractivity contribution in [3.8, 4) is 5.75 Å². The molecule has 0 bridgehead atoms. The summed E-state index contributed by atoms with van der Waals surface area (Å²) in [4.78, 5) is 31.9. The largest absolute Gasteiger partial charge is 0.495 e. The molecule has 1 aliphatic rings. The summed E-state index contributed by atoms with van der Waals surface area (Å²) in [5.41, 5.74) is 0.999. The normalized spacial score (nSPS) is 14.4. The standard InChI is InChI=1S/C16H18N4O3S/c1-23-13-5-3-2-4-12(13)19-7-9-20(10-8-19)15(22)14(21)18-16-17-6-11-24-16/h2-6,11H,7-10H2,1H3,(H,17,18,21). The van der Waals surface area contributed by atoms with E-state index in [1.54, 1.807) is 23.6 Å². The number of hydrogen-bond acceptors (Lipinski definition) is 6. The van der Waals surface area contributed by atoms with E-state index >= 15 is 0 Å². The molecule has 1 saturated heterocycles. The average molecular weight is 346 g/mol. The number of rotatable bonds is 3. The smallest absolute Gasteiger partial charge is 0.315 e. The van der Waals surface area contributed by atoms with Crippen molar-refractivity contribution in [2.24, 2.45) is 0 Å². The molecule has 0 atom stereocenters. The lowest BCUT2D eigenvalue weighted by Gasteiger charge is -2.36. The zero-order valence-electron chi connectivity index (χ0n) is 13.3. The van der Waals surface area contributed by atoms with Gasteiger partial charge in [0, 0.05) is 37.8 Å². The molecule has 7 nitrogen and oxygen atoms in total. The molecule has 3 rings (SSSR count). The van der Waals surface area contributed by atoms with Gasteiger partial charge in [-0.2, -0.15) is 0 Å². The molecule has 1 N–H and O–H groups in total. The van der Waals surface area contributed by atoms with Crippen LogP contribution in [-0.2, 0) is 9.59 Å². The molecule has 0 spiro atoms. The summed E-state index contributed by atoms with van der Waals surface area (Å²) in [6.07, 6.45) is 1.58. The average Bonchev–Trinajstić information content (AvgIpc) is 3.14. The van der Waals surface area contributed by atoms with Gasteiger partial charge in [0.2, 0.25) is 0 Å². The van der Waals surface area contributed by atoms with Crippen molar-refractivity contribution in [2.75, 3.05) is 43.5 Å². The van der Waals surface area contributed by atoms with Gasteiger partial charge in [0.25, 0.3) is 0 Å². The number of carbonyl (C=O) groups excluding carboxylic acids is 2. The van der Waals surface area contributed by atoms with Crippen LogP contribution in [0.3, 0.4) is 0 Å². The fraction of sp³-hybridized carbons (Fsp3) is 0.312. The van der Waals surface area contributed by atoms with Gasteiger partial charge in [0.05, 0.1) is 12.8 Å². The molecule has 0 aliphatic carbocycles. The van der Waals surface area contributed by atoms with Crippen LogP contribution in [0.5, 0.6) is 5.75 Å². The summed E-state index contributed by atoms with van der Waals surface area (Å²) in [6, 6.07) is 7.78. The number of methoxy groups -OCH3 is 1. The maximum atomic E-state index is 12.2. The third kappa shape index (κ3) is 3.48. The predicted molar refractivity (Wildman–Crippen MR) is 92.5 cm³/mol. The molecule has 1 aliphatic heterocycles. The van der Waals surface area contributed by atoms with Crippen LogP contribution in [0.15, 0.2) is 35.8 Å². The molecule has 1 fully saturated rings. The van der Waals surface area contributed by atoms with Gasteiger partial charge < -0.3 is 14.5 Å². The fourth-order valence-corrected chi connectivity index (χ4v) is 3.14. The summed E-state index contributed by atoms with van der Waals surface area (Å²) in [6.45, 7) is 2.28. The highest BCUT2D eigenvalue weighted by atomic mass is 32.1. The number of anilines is 2. The molecular weight excluding hydrogens is 328 g/mol.